The number of β-amino-alcohol motifs (C(OH)–C–C–N with tert-alkyl or cyclic N) is 1. The minimum absolute atomic E-state index is 0.525. The summed E-state index contributed by atoms with van der Waals surface area (Å²) in [5, 5.41) is 9.69. The van der Waals surface area contributed by atoms with Crippen molar-refractivity contribution in [2.75, 3.05) is 20.2 Å². The molecule has 17 heavy (non-hydrogen) atoms. The van der Waals surface area contributed by atoms with Crippen molar-refractivity contribution < 1.29 is 9.84 Å². The van der Waals surface area contributed by atoms with Gasteiger partial charge >= 0.3 is 0 Å². The summed E-state index contributed by atoms with van der Waals surface area (Å²) in [5.74, 6) is 0.919. The molecule has 1 N–H and O–H groups in total. The van der Waals surface area contributed by atoms with Gasteiger partial charge in [-0.3, -0.25) is 9.88 Å². The predicted molar refractivity (Wildman–Crippen MR) is 66.2 cm³/mol. The Kier molecular flexibility index (Phi) is 3.10. The van der Waals surface area contributed by atoms with Crippen LogP contribution in [-0.4, -0.2) is 40.8 Å². The zero-order chi connectivity index (χ0) is 12.6. The molecule has 0 radical (unpaired) electrons. The fraction of sp³-hybridized carbons (Fsp3) is 0.615. The van der Waals surface area contributed by atoms with Crippen LogP contribution in [0.5, 0.6) is 5.75 Å². The summed E-state index contributed by atoms with van der Waals surface area (Å²) in [6, 6.07) is 0. The number of pyridine rings is 1. The first-order valence-corrected chi connectivity index (χ1v) is 5.87. The van der Waals surface area contributed by atoms with Crippen molar-refractivity contribution in [1.82, 2.24) is 9.88 Å². The van der Waals surface area contributed by atoms with E-state index >= 15 is 0 Å². The number of hydrogen-bond acceptors (Lipinski definition) is 4. The fourth-order valence-electron chi connectivity index (χ4n) is 2.47. The van der Waals surface area contributed by atoms with Crippen molar-refractivity contribution in [3.05, 3.63) is 23.0 Å². The normalized spacial score (nSPS) is 18.9. The second-order valence-electron chi connectivity index (χ2n) is 5.19. The van der Waals surface area contributed by atoms with E-state index in [9.17, 15) is 5.11 Å². The van der Waals surface area contributed by atoms with E-state index in [4.69, 9.17) is 4.74 Å². The quantitative estimate of drug-likeness (QED) is 0.858. The number of aliphatic hydroxyl groups is 1. The van der Waals surface area contributed by atoms with E-state index in [1.165, 1.54) is 0 Å². The van der Waals surface area contributed by atoms with E-state index < -0.39 is 5.60 Å². The van der Waals surface area contributed by atoms with E-state index in [0.29, 0.717) is 13.1 Å². The number of aromatic nitrogens is 1. The summed E-state index contributed by atoms with van der Waals surface area (Å²) in [5.41, 5.74) is 2.66. The lowest BCUT2D eigenvalue weighted by Gasteiger charge is -2.44. The second kappa shape index (κ2) is 4.27. The third-order valence-corrected chi connectivity index (χ3v) is 3.25. The first-order valence-electron chi connectivity index (χ1n) is 5.87. The van der Waals surface area contributed by atoms with Gasteiger partial charge in [0.15, 0.2) is 0 Å². The van der Waals surface area contributed by atoms with Crippen LogP contribution in [0.15, 0.2) is 6.20 Å². The van der Waals surface area contributed by atoms with Crippen LogP contribution in [0.2, 0.25) is 0 Å². The summed E-state index contributed by atoms with van der Waals surface area (Å²) >= 11 is 0. The standard InChI is InChI=1S/C13H20N2O2/c1-9-5-14-11(10(2)12(9)17-4)6-15-7-13(3,16)8-15/h5,16H,6-8H2,1-4H3. The van der Waals surface area contributed by atoms with Crippen LogP contribution >= 0.6 is 0 Å². The monoisotopic (exact) mass is 236 g/mol. The summed E-state index contributed by atoms with van der Waals surface area (Å²) in [6.07, 6.45) is 1.85. The van der Waals surface area contributed by atoms with Crippen LogP contribution in [-0.2, 0) is 6.54 Å². The van der Waals surface area contributed by atoms with E-state index in [2.05, 4.69) is 9.88 Å². The highest BCUT2D eigenvalue weighted by Crippen LogP contribution is 2.27. The SMILES string of the molecule is COc1c(C)cnc(CN2CC(C)(O)C2)c1C. The molecule has 0 aliphatic carbocycles. The van der Waals surface area contributed by atoms with Crippen molar-refractivity contribution >= 4 is 0 Å². The van der Waals surface area contributed by atoms with Gasteiger partial charge in [-0.1, -0.05) is 0 Å². The zero-order valence-electron chi connectivity index (χ0n) is 10.9. The first kappa shape index (κ1) is 12.3. The summed E-state index contributed by atoms with van der Waals surface area (Å²) in [4.78, 5) is 6.64. The largest absolute Gasteiger partial charge is 0.496 e. The maximum Gasteiger partial charge on any atom is 0.128 e. The van der Waals surface area contributed by atoms with Crippen LogP contribution in [0.3, 0.4) is 0 Å². The lowest BCUT2D eigenvalue weighted by molar-refractivity contribution is -0.0876. The van der Waals surface area contributed by atoms with Gasteiger partial charge in [-0.2, -0.15) is 0 Å². The van der Waals surface area contributed by atoms with Crippen molar-refractivity contribution in [2.24, 2.45) is 0 Å². The molecule has 1 aromatic rings. The van der Waals surface area contributed by atoms with Crippen LogP contribution in [0.25, 0.3) is 0 Å². The summed E-state index contributed by atoms with van der Waals surface area (Å²) < 4.78 is 5.38. The Morgan fingerprint density at radius 2 is 2.12 bits per heavy atom. The average Bonchev–Trinajstić information content (AvgIpc) is 2.20. The van der Waals surface area contributed by atoms with Gasteiger partial charge in [0, 0.05) is 37.0 Å². The molecule has 94 valence electrons. The Morgan fingerprint density at radius 3 is 2.65 bits per heavy atom. The molecule has 1 aliphatic heterocycles. The fourth-order valence-corrected chi connectivity index (χ4v) is 2.47. The molecule has 1 saturated heterocycles. The average molecular weight is 236 g/mol. The Hall–Kier alpha value is -1.13. The molecule has 1 aromatic heterocycles. The van der Waals surface area contributed by atoms with Crippen molar-refractivity contribution in [2.45, 2.75) is 32.9 Å². The molecule has 4 nitrogen and oxygen atoms in total. The molecular formula is C13H20N2O2. The van der Waals surface area contributed by atoms with Crippen molar-refractivity contribution in [1.29, 1.82) is 0 Å². The molecule has 0 bridgehead atoms. The molecule has 0 atom stereocenters. The van der Waals surface area contributed by atoms with Crippen molar-refractivity contribution in [3.63, 3.8) is 0 Å². The molecule has 0 unspecified atom stereocenters. The highest BCUT2D eigenvalue weighted by Gasteiger charge is 2.36. The number of likely N-dealkylation sites (tertiary alicyclic amines) is 1. The van der Waals surface area contributed by atoms with Gasteiger partial charge in [0.1, 0.15) is 5.75 Å². The molecule has 0 aromatic carbocycles. The first-order chi connectivity index (χ1) is 7.93. The third-order valence-electron chi connectivity index (χ3n) is 3.25. The maximum atomic E-state index is 9.69. The molecular weight excluding hydrogens is 216 g/mol. The lowest BCUT2D eigenvalue weighted by atomic mass is 9.96. The number of rotatable bonds is 3. The van der Waals surface area contributed by atoms with Crippen LogP contribution < -0.4 is 4.74 Å². The predicted octanol–water partition coefficient (Wildman–Crippen LogP) is 1.27. The number of ether oxygens (including phenoxy) is 1. The van der Waals surface area contributed by atoms with Gasteiger partial charge in [0.25, 0.3) is 0 Å². The van der Waals surface area contributed by atoms with E-state index in [1.807, 2.05) is 27.0 Å². The topological polar surface area (TPSA) is 45.6 Å². The minimum atomic E-state index is -0.525. The molecule has 2 heterocycles. The molecule has 4 heteroatoms. The third kappa shape index (κ3) is 2.42. The minimum Gasteiger partial charge on any atom is -0.496 e. The molecule has 1 aliphatic rings. The second-order valence-corrected chi connectivity index (χ2v) is 5.19. The van der Waals surface area contributed by atoms with E-state index in [1.54, 1.807) is 7.11 Å². The van der Waals surface area contributed by atoms with Gasteiger partial charge in [0.2, 0.25) is 0 Å². The van der Waals surface area contributed by atoms with Crippen LogP contribution in [0, 0.1) is 13.8 Å². The van der Waals surface area contributed by atoms with E-state index in [0.717, 1.165) is 29.1 Å². The number of nitrogens with zero attached hydrogens (tertiary/aromatic N) is 2. The molecule has 2 rings (SSSR count). The summed E-state index contributed by atoms with van der Waals surface area (Å²) in [7, 11) is 1.69. The van der Waals surface area contributed by atoms with Crippen molar-refractivity contribution in [3.8, 4) is 5.75 Å². The molecule has 0 amide bonds. The Bertz CT molecular complexity index is 422. The number of methoxy groups -OCH3 is 1. The molecule has 0 spiro atoms. The van der Waals surface area contributed by atoms with Gasteiger partial charge in [-0.15, -0.1) is 0 Å². The Balaban J connectivity index is 2.12. The Labute approximate surface area is 102 Å². The van der Waals surface area contributed by atoms with Gasteiger partial charge in [-0.05, 0) is 20.8 Å². The molecule has 0 saturated carbocycles. The highest BCUT2D eigenvalue weighted by atomic mass is 16.5. The van der Waals surface area contributed by atoms with Crippen LogP contribution in [0.4, 0.5) is 0 Å². The Morgan fingerprint density at radius 1 is 1.47 bits per heavy atom. The van der Waals surface area contributed by atoms with Gasteiger partial charge < -0.3 is 9.84 Å². The maximum absolute atomic E-state index is 9.69. The lowest BCUT2D eigenvalue weighted by Crippen LogP contribution is -2.59. The van der Waals surface area contributed by atoms with Gasteiger partial charge in [0.05, 0.1) is 18.4 Å². The molecule has 1 fully saturated rings. The van der Waals surface area contributed by atoms with Gasteiger partial charge in [-0.25, -0.2) is 0 Å². The highest BCUT2D eigenvalue weighted by molar-refractivity contribution is 5.41. The summed E-state index contributed by atoms with van der Waals surface area (Å²) in [6.45, 7) is 8.09. The van der Waals surface area contributed by atoms with E-state index in [-0.39, 0.29) is 0 Å². The number of aryl methyl sites for hydroxylation is 1. The number of hydrogen-bond donors (Lipinski definition) is 1. The zero-order valence-corrected chi connectivity index (χ0v) is 10.9. The smallest absolute Gasteiger partial charge is 0.128 e. The van der Waals surface area contributed by atoms with Crippen LogP contribution in [0.1, 0.15) is 23.7 Å².